The summed E-state index contributed by atoms with van der Waals surface area (Å²) < 4.78 is 10.2. The molecule has 3 aromatic rings. The number of carbonyl (C=O) groups is 3. The predicted octanol–water partition coefficient (Wildman–Crippen LogP) is 3.85. The van der Waals surface area contributed by atoms with Crippen LogP contribution in [0.15, 0.2) is 84.9 Å². The molecule has 0 radical (unpaired) electrons. The molecule has 164 valence electrons. The molecular weight excluding hydrogens is 406 g/mol. The van der Waals surface area contributed by atoms with Gasteiger partial charge in [-0.3, -0.25) is 9.59 Å². The quantitative estimate of drug-likeness (QED) is 0.521. The molecule has 32 heavy (non-hydrogen) atoms. The molecule has 0 spiro atoms. The molecule has 0 aromatic heterocycles. The van der Waals surface area contributed by atoms with Crippen molar-refractivity contribution in [2.24, 2.45) is 0 Å². The normalized spacial score (nSPS) is 10.4. The highest BCUT2D eigenvalue weighted by Crippen LogP contribution is 2.24. The lowest BCUT2D eigenvalue weighted by atomic mass is 9.90. The summed E-state index contributed by atoms with van der Waals surface area (Å²) in [5.74, 6) is -1.82. The van der Waals surface area contributed by atoms with E-state index in [1.807, 2.05) is 60.7 Å². The average Bonchev–Trinajstić information content (AvgIpc) is 2.83. The summed E-state index contributed by atoms with van der Waals surface area (Å²) in [5.41, 5.74) is 2.71. The maximum Gasteiger partial charge on any atom is 0.338 e. The number of ether oxygens (including phenoxy) is 2. The summed E-state index contributed by atoms with van der Waals surface area (Å²) >= 11 is 0. The molecule has 3 aromatic carbocycles. The van der Waals surface area contributed by atoms with Crippen LogP contribution < -0.4 is 5.32 Å². The van der Waals surface area contributed by atoms with Crippen LogP contribution in [0.2, 0.25) is 0 Å². The standard InChI is InChI=1S/C26H25NO5/c1-2-31-26(30)22-15-9-10-19(16-22)18-32-23(28)17-27-25(29)24(20-11-5-3-6-12-20)21-13-7-4-8-14-21/h3-16,24H,2,17-18H2,1H3,(H,27,29). The monoisotopic (exact) mass is 431 g/mol. The second-order valence-corrected chi connectivity index (χ2v) is 7.05. The number of benzene rings is 3. The molecule has 1 N–H and O–H groups in total. The Morgan fingerprint density at radius 2 is 1.44 bits per heavy atom. The zero-order valence-electron chi connectivity index (χ0n) is 17.8. The molecular formula is C26H25NO5. The number of rotatable bonds is 9. The summed E-state index contributed by atoms with van der Waals surface area (Å²) in [6.45, 7) is 1.75. The van der Waals surface area contributed by atoms with Crippen molar-refractivity contribution >= 4 is 17.8 Å². The van der Waals surface area contributed by atoms with E-state index in [0.29, 0.717) is 11.1 Å². The minimum atomic E-state index is -0.570. The third-order valence-electron chi connectivity index (χ3n) is 4.77. The number of hydrogen-bond donors (Lipinski definition) is 1. The highest BCUT2D eigenvalue weighted by Gasteiger charge is 2.23. The molecule has 0 saturated carbocycles. The van der Waals surface area contributed by atoms with Crippen LogP contribution in [0.4, 0.5) is 0 Å². The van der Waals surface area contributed by atoms with E-state index in [2.05, 4.69) is 5.32 Å². The van der Waals surface area contributed by atoms with Gasteiger partial charge in [0.1, 0.15) is 13.2 Å². The van der Waals surface area contributed by atoms with Gasteiger partial charge in [-0.05, 0) is 35.7 Å². The summed E-state index contributed by atoms with van der Waals surface area (Å²) in [6.07, 6.45) is 0. The Kier molecular flexibility index (Phi) is 8.15. The van der Waals surface area contributed by atoms with Crippen LogP contribution >= 0.6 is 0 Å². The molecule has 0 saturated heterocycles. The molecule has 0 aliphatic carbocycles. The molecule has 0 fully saturated rings. The Bertz CT molecular complexity index is 1010. The van der Waals surface area contributed by atoms with Crippen LogP contribution in [0.25, 0.3) is 0 Å². The largest absolute Gasteiger partial charge is 0.462 e. The fourth-order valence-corrected chi connectivity index (χ4v) is 3.26. The minimum absolute atomic E-state index is 0.0112. The van der Waals surface area contributed by atoms with Crippen molar-refractivity contribution in [2.45, 2.75) is 19.4 Å². The Morgan fingerprint density at radius 1 is 0.812 bits per heavy atom. The van der Waals surface area contributed by atoms with Crippen LogP contribution in [-0.2, 0) is 25.7 Å². The zero-order chi connectivity index (χ0) is 22.8. The maximum absolute atomic E-state index is 12.9. The summed E-state index contributed by atoms with van der Waals surface area (Å²) in [5, 5.41) is 2.67. The van der Waals surface area contributed by atoms with E-state index in [9.17, 15) is 14.4 Å². The van der Waals surface area contributed by atoms with E-state index in [1.165, 1.54) is 0 Å². The Labute approximate surface area is 187 Å². The molecule has 0 aliphatic rings. The van der Waals surface area contributed by atoms with Gasteiger partial charge in [-0.25, -0.2) is 4.79 Å². The van der Waals surface area contributed by atoms with Gasteiger partial charge in [0.25, 0.3) is 0 Å². The van der Waals surface area contributed by atoms with E-state index in [0.717, 1.165) is 11.1 Å². The lowest BCUT2D eigenvalue weighted by Crippen LogP contribution is -2.34. The number of esters is 2. The molecule has 0 bridgehead atoms. The number of carbonyl (C=O) groups excluding carboxylic acids is 3. The highest BCUT2D eigenvalue weighted by molar-refractivity contribution is 5.90. The fourth-order valence-electron chi connectivity index (χ4n) is 3.26. The van der Waals surface area contributed by atoms with Crippen LogP contribution in [0, 0.1) is 0 Å². The van der Waals surface area contributed by atoms with E-state index in [4.69, 9.17) is 9.47 Å². The lowest BCUT2D eigenvalue weighted by Gasteiger charge is -2.17. The van der Waals surface area contributed by atoms with Crippen LogP contribution in [0.5, 0.6) is 0 Å². The van der Waals surface area contributed by atoms with Gasteiger partial charge < -0.3 is 14.8 Å². The summed E-state index contributed by atoms with van der Waals surface area (Å²) in [7, 11) is 0. The number of hydrogen-bond acceptors (Lipinski definition) is 5. The number of nitrogens with one attached hydrogen (secondary N) is 1. The number of amides is 1. The van der Waals surface area contributed by atoms with Gasteiger partial charge in [-0.15, -0.1) is 0 Å². The van der Waals surface area contributed by atoms with E-state index < -0.39 is 17.9 Å². The Morgan fingerprint density at radius 3 is 2.03 bits per heavy atom. The summed E-state index contributed by atoms with van der Waals surface area (Å²) in [6, 6.07) is 25.5. The van der Waals surface area contributed by atoms with Crippen molar-refractivity contribution in [3.05, 3.63) is 107 Å². The molecule has 1 amide bonds. The van der Waals surface area contributed by atoms with Crippen molar-refractivity contribution in [1.29, 1.82) is 0 Å². The first-order valence-corrected chi connectivity index (χ1v) is 10.4. The first-order valence-electron chi connectivity index (χ1n) is 10.4. The van der Waals surface area contributed by atoms with Gasteiger partial charge in [0.15, 0.2) is 0 Å². The third-order valence-corrected chi connectivity index (χ3v) is 4.77. The second kappa shape index (κ2) is 11.5. The first kappa shape index (κ1) is 22.7. The van der Waals surface area contributed by atoms with Crippen LogP contribution in [-0.4, -0.2) is 31.0 Å². The molecule has 0 aliphatic heterocycles. The van der Waals surface area contributed by atoms with Crippen molar-refractivity contribution in [2.75, 3.05) is 13.2 Å². The molecule has 6 nitrogen and oxygen atoms in total. The van der Waals surface area contributed by atoms with Gasteiger partial charge >= 0.3 is 11.9 Å². The third kappa shape index (κ3) is 6.28. The van der Waals surface area contributed by atoms with Crippen molar-refractivity contribution in [1.82, 2.24) is 5.32 Å². The fraction of sp³-hybridized carbons (Fsp3) is 0.192. The SMILES string of the molecule is CCOC(=O)c1cccc(COC(=O)CNC(=O)C(c2ccccc2)c2ccccc2)c1. The average molecular weight is 431 g/mol. The van der Waals surface area contributed by atoms with Crippen molar-refractivity contribution < 1.29 is 23.9 Å². The van der Waals surface area contributed by atoms with E-state index >= 15 is 0 Å². The molecule has 0 heterocycles. The molecule has 6 heteroatoms. The van der Waals surface area contributed by atoms with Gasteiger partial charge in [0.05, 0.1) is 18.1 Å². The molecule has 3 rings (SSSR count). The Hall–Kier alpha value is -3.93. The smallest absolute Gasteiger partial charge is 0.338 e. The summed E-state index contributed by atoms with van der Waals surface area (Å²) in [4.78, 5) is 37.0. The van der Waals surface area contributed by atoms with Gasteiger partial charge in [0.2, 0.25) is 5.91 Å². The minimum Gasteiger partial charge on any atom is -0.462 e. The van der Waals surface area contributed by atoms with Gasteiger partial charge in [-0.2, -0.15) is 0 Å². The van der Waals surface area contributed by atoms with E-state index in [1.54, 1.807) is 31.2 Å². The first-order chi connectivity index (χ1) is 15.6. The van der Waals surface area contributed by atoms with Gasteiger partial charge in [0, 0.05) is 0 Å². The molecule has 0 atom stereocenters. The lowest BCUT2D eigenvalue weighted by molar-refractivity contribution is -0.145. The topological polar surface area (TPSA) is 81.7 Å². The van der Waals surface area contributed by atoms with Gasteiger partial charge in [-0.1, -0.05) is 72.8 Å². The molecule has 0 unspecified atom stereocenters. The maximum atomic E-state index is 12.9. The van der Waals surface area contributed by atoms with E-state index in [-0.39, 0.29) is 25.7 Å². The van der Waals surface area contributed by atoms with Crippen LogP contribution in [0.3, 0.4) is 0 Å². The second-order valence-electron chi connectivity index (χ2n) is 7.05. The Balaban J connectivity index is 1.58. The van der Waals surface area contributed by atoms with Crippen molar-refractivity contribution in [3.8, 4) is 0 Å². The highest BCUT2D eigenvalue weighted by atomic mass is 16.5. The van der Waals surface area contributed by atoms with Crippen LogP contribution in [0.1, 0.15) is 39.9 Å². The van der Waals surface area contributed by atoms with Crippen molar-refractivity contribution in [3.63, 3.8) is 0 Å². The zero-order valence-corrected chi connectivity index (χ0v) is 17.8. The predicted molar refractivity (Wildman–Crippen MR) is 120 cm³/mol.